The normalized spacial score (nSPS) is 10.1. The van der Waals surface area contributed by atoms with Crippen molar-refractivity contribution in [2.45, 2.75) is 6.92 Å². The quantitative estimate of drug-likeness (QED) is 0.892. The minimum Gasteiger partial charge on any atom is -0.297 e. The van der Waals surface area contributed by atoms with Crippen molar-refractivity contribution in [2.24, 2.45) is 0 Å². The molecule has 0 aliphatic heterocycles. The van der Waals surface area contributed by atoms with Crippen LogP contribution >= 0.6 is 23.1 Å². The van der Waals surface area contributed by atoms with Gasteiger partial charge in [-0.3, -0.25) is 15.1 Å². The zero-order valence-corrected chi connectivity index (χ0v) is 9.84. The van der Waals surface area contributed by atoms with Crippen molar-refractivity contribution in [3.63, 3.8) is 0 Å². The zero-order valence-electron chi connectivity index (χ0n) is 8.27. The Morgan fingerprint density at radius 1 is 1.56 bits per heavy atom. The van der Waals surface area contributed by atoms with Crippen LogP contribution in [0.1, 0.15) is 16.2 Å². The Bertz CT molecular complexity index is 528. The van der Waals surface area contributed by atoms with Gasteiger partial charge in [0, 0.05) is 23.9 Å². The number of anilines is 1. The van der Waals surface area contributed by atoms with Crippen LogP contribution in [0.15, 0.2) is 18.5 Å². The van der Waals surface area contributed by atoms with Gasteiger partial charge in [-0.15, -0.1) is 0 Å². The lowest BCUT2D eigenvalue weighted by Crippen LogP contribution is -2.12. The number of nitrogens with zero attached hydrogens (tertiary/aromatic N) is 3. The number of nitrogens with one attached hydrogen (secondary N) is 1. The van der Waals surface area contributed by atoms with Gasteiger partial charge in [0.15, 0.2) is 0 Å². The van der Waals surface area contributed by atoms with Crippen LogP contribution in [-0.4, -0.2) is 20.2 Å². The van der Waals surface area contributed by atoms with Gasteiger partial charge in [-0.25, -0.2) is 4.98 Å². The number of carbonyl (C=O) groups is 1. The van der Waals surface area contributed by atoms with Crippen LogP contribution in [0.4, 0.5) is 5.13 Å². The van der Waals surface area contributed by atoms with E-state index >= 15 is 0 Å². The lowest BCUT2D eigenvalue weighted by Gasteiger charge is -2.02. The molecule has 16 heavy (non-hydrogen) atoms. The molecular weight excluding hydrogens is 248 g/mol. The molecule has 2 aromatic rings. The standard InChI is InChI=1S/C9H7ClN4OS/c1-5-12-9(16-14-5)13-8(15)6-2-3-11-4-7(6)10/h2-4H,1H3,(H,12,13,14,15). The number of amides is 1. The van der Waals surface area contributed by atoms with Crippen molar-refractivity contribution in [2.75, 3.05) is 5.32 Å². The molecule has 2 heterocycles. The van der Waals surface area contributed by atoms with Crippen LogP contribution in [0, 0.1) is 6.92 Å². The highest BCUT2D eigenvalue weighted by Crippen LogP contribution is 2.16. The summed E-state index contributed by atoms with van der Waals surface area (Å²) >= 11 is 6.96. The van der Waals surface area contributed by atoms with E-state index in [1.54, 1.807) is 13.0 Å². The summed E-state index contributed by atoms with van der Waals surface area (Å²) in [5, 5.41) is 3.37. The Morgan fingerprint density at radius 2 is 2.38 bits per heavy atom. The SMILES string of the molecule is Cc1nsc(NC(=O)c2ccncc2Cl)n1. The highest BCUT2D eigenvalue weighted by Gasteiger charge is 2.11. The third-order valence-electron chi connectivity index (χ3n) is 1.77. The fourth-order valence-electron chi connectivity index (χ4n) is 1.07. The Hall–Kier alpha value is -1.53. The first-order valence-corrected chi connectivity index (χ1v) is 5.53. The summed E-state index contributed by atoms with van der Waals surface area (Å²) in [7, 11) is 0. The first kappa shape index (κ1) is 11.0. The van der Waals surface area contributed by atoms with E-state index in [0.717, 1.165) is 11.5 Å². The van der Waals surface area contributed by atoms with Crippen molar-refractivity contribution in [1.29, 1.82) is 0 Å². The largest absolute Gasteiger partial charge is 0.297 e. The third kappa shape index (κ3) is 2.34. The molecule has 1 amide bonds. The number of halogens is 1. The zero-order chi connectivity index (χ0) is 11.5. The molecule has 0 aromatic carbocycles. The molecule has 2 aromatic heterocycles. The summed E-state index contributed by atoms with van der Waals surface area (Å²) in [4.78, 5) is 19.6. The summed E-state index contributed by atoms with van der Waals surface area (Å²) in [6.45, 7) is 1.76. The molecule has 0 saturated heterocycles. The number of carbonyl (C=O) groups excluding carboxylic acids is 1. The summed E-state index contributed by atoms with van der Waals surface area (Å²) in [6, 6.07) is 1.55. The van der Waals surface area contributed by atoms with E-state index in [0.29, 0.717) is 21.5 Å². The predicted molar refractivity (Wildman–Crippen MR) is 61.8 cm³/mol. The highest BCUT2D eigenvalue weighted by atomic mass is 35.5. The second kappa shape index (κ2) is 4.54. The number of pyridine rings is 1. The summed E-state index contributed by atoms with van der Waals surface area (Å²) in [6.07, 6.45) is 2.92. The maximum Gasteiger partial charge on any atom is 0.259 e. The molecule has 5 nitrogen and oxygen atoms in total. The summed E-state index contributed by atoms with van der Waals surface area (Å²) in [5.41, 5.74) is 0.365. The van der Waals surface area contributed by atoms with Gasteiger partial charge < -0.3 is 0 Å². The van der Waals surface area contributed by atoms with Crippen molar-refractivity contribution in [3.05, 3.63) is 34.9 Å². The van der Waals surface area contributed by atoms with Crippen LogP contribution in [0.5, 0.6) is 0 Å². The molecule has 0 saturated carbocycles. The first-order chi connectivity index (χ1) is 7.66. The molecule has 0 radical (unpaired) electrons. The number of rotatable bonds is 2. The molecular formula is C9H7ClN4OS. The van der Waals surface area contributed by atoms with Crippen LogP contribution in [0.2, 0.25) is 5.02 Å². The second-order valence-electron chi connectivity index (χ2n) is 2.96. The molecule has 0 bridgehead atoms. The van der Waals surface area contributed by atoms with Crippen LogP contribution in [0.25, 0.3) is 0 Å². The van der Waals surface area contributed by atoms with E-state index in [9.17, 15) is 4.79 Å². The number of aryl methyl sites for hydroxylation is 1. The smallest absolute Gasteiger partial charge is 0.259 e. The molecule has 0 spiro atoms. The van der Waals surface area contributed by atoms with Gasteiger partial charge in [0.05, 0.1) is 10.6 Å². The molecule has 1 N–H and O–H groups in total. The minimum atomic E-state index is -0.316. The van der Waals surface area contributed by atoms with Crippen LogP contribution in [-0.2, 0) is 0 Å². The summed E-state index contributed by atoms with van der Waals surface area (Å²) < 4.78 is 3.96. The fraction of sp³-hybridized carbons (Fsp3) is 0.111. The van der Waals surface area contributed by atoms with E-state index < -0.39 is 0 Å². The fourth-order valence-corrected chi connectivity index (χ4v) is 1.85. The number of hydrogen-bond donors (Lipinski definition) is 1. The molecule has 82 valence electrons. The molecule has 0 atom stereocenters. The summed E-state index contributed by atoms with van der Waals surface area (Å²) in [5.74, 6) is 0.310. The van der Waals surface area contributed by atoms with E-state index in [2.05, 4.69) is 19.7 Å². The van der Waals surface area contributed by atoms with Gasteiger partial charge in [0.25, 0.3) is 5.91 Å². The van der Waals surface area contributed by atoms with Gasteiger partial charge in [0.1, 0.15) is 5.82 Å². The lowest BCUT2D eigenvalue weighted by atomic mass is 10.2. The Balaban J connectivity index is 2.18. The Labute approximate surface area is 101 Å². The molecule has 0 fully saturated rings. The third-order valence-corrected chi connectivity index (χ3v) is 2.79. The van der Waals surface area contributed by atoms with Crippen LogP contribution in [0.3, 0.4) is 0 Å². The average molecular weight is 255 g/mol. The van der Waals surface area contributed by atoms with Crippen molar-refractivity contribution >= 4 is 34.2 Å². The van der Waals surface area contributed by atoms with Crippen LogP contribution < -0.4 is 5.32 Å². The van der Waals surface area contributed by atoms with E-state index in [1.165, 1.54) is 12.4 Å². The van der Waals surface area contributed by atoms with Crippen molar-refractivity contribution in [1.82, 2.24) is 14.3 Å². The number of hydrogen-bond acceptors (Lipinski definition) is 5. The molecule has 0 unspecified atom stereocenters. The predicted octanol–water partition coefficient (Wildman–Crippen LogP) is 2.15. The number of aromatic nitrogens is 3. The molecule has 0 aliphatic rings. The molecule has 2 rings (SSSR count). The Morgan fingerprint density at radius 3 is 3.00 bits per heavy atom. The highest BCUT2D eigenvalue weighted by molar-refractivity contribution is 7.09. The van der Waals surface area contributed by atoms with E-state index in [-0.39, 0.29) is 5.91 Å². The molecule has 7 heteroatoms. The van der Waals surface area contributed by atoms with Gasteiger partial charge in [-0.2, -0.15) is 4.37 Å². The maximum absolute atomic E-state index is 11.8. The minimum absolute atomic E-state index is 0.307. The van der Waals surface area contributed by atoms with Crippen molar-refractivity contribution < 1.29 is 4.79 Å². The average Bonchev–Trinajstić information content (AvgIpc) is 2.64. The van der Waals surface area contributed by atoms with Gasteiger partial charge in [0.2, 0.25) is 5.13 Å². The monoisotopic (exact) mass is 254 g/mol. The second-order valence-corrected chi connectivity index (χ2v) is 4.12. The first-order valence-electron chi connectivity index (χ1n) is 4.38. The van der Waals surface area contributed by atoms with E-state index in [1.807, 2.05) is 0 Å². The Kier molecular flexibility index (Phi) is 3.12. The van der Waals surface area contributed by atoms with Gasteiger partial charge in [-0.05, 0) is 13.0 Å². The van der Waals surface area contributed by atoms with Gasteiger partial charge in [-0.1, -0.05) is 11.6 Å². The van der Waals surface area contributed by atoms with Crippen molar-refractivity contribution in [3.8, 4) is 0 Å². The van der Waals surface area contributed by atoms with Gasteiger partial charge >= 0.3 is 0 Å². The maximum atomic E-state index is 11.8. The topological polar surface area (TPSA) is 67.8 Å². The lowest BCUT2D eigenvalue weighted by molar-refractivity contribution is 0.102. The van der Waals surface area contributed by atoms with E-state index in [4.69, 9.17) is 11.6 Å². The molecule has 0 aliphatic carbocycles.